The van der Waals surface area contributed by atoms with E-state index in [9.17, 15) is 0 Å². The van der Waals surface area contributed by atoms with Gasteiger partial charge < -0.3 is 5.32 Å². The van der Waals surface area contributed by atoms with Crippen molar-refractivity contribution in [3.63, 3.8) is 0 Å². The highest BCUT2D eigenvalue weighted by Gasteiger charge is 2.25. The summed E-state index contributed by atoms with van der Waals surface area (Å²) in [6.45, 7) is 5.39. The molecule has 82 valence electrons. The van der Waals surface area contributed by atoms with Crippen LogP contribution in [0.3, 0.4) is 0 Å². The maximum atomic E-state index is 4.28. The van der Waals surface area contributed by atoms with Crippen molar-refractivity contribution in [3.05, 3.63) is 29.6 Å². The van der Waals surface area contributed by atoms with E-state index < -0.39 is 0 Å². The van der Waals surface area contributed by atoms with Crippen LogP contribution in [0.25, 0.3) is 0 Å². The average Bonchev–Trinajstić information content (AvgIpc) is 2.67. The molecule has 1 fully saturated rings. The molecule has 1 N–H and O–H groups in total. The Balaban J connectivity index is 2.01. The molecule has 1 aromatic rings. The molecule has 0 bridgehead atoms. The predicted octanol–water partition coefficient (Wildman–Crippen LogP) is 2.64. The van der Waals surface area contributed by atoms with Gasteiger partial charge in [0.05, 0.1) is 0 Å². The van der Waals surface area contributed by atoms with Crippen LogP contribution in [0.4, 0.5) is 0 Å². The van der Waals surface area contributed by atoms with Gasteiger partial charge in [0.2, 0.25) is 0 Å². The highest BCUT2D eigenvalue weighted by Crippen LogP contribution is 2.34. The third-order valence-electron chi connectivity index (χ3n) is 3.29. The molecule has 1 aliphatic carbocycles. The zero-order valence-electron chi connectivity index (χ0n) is 9.66. The number of hydrogen-bond acceptors (Lipinski definition) is 2. The predicted molar refractivity (Wildman–Crippen MR) is 63.0 cm³/mol. The molecule has 1 aromatic heterocycles. The van der Waals surface area contributed by atoms with E-state index in [0.29, 0.717) is 0 Å². The van der Waals surface area contributed by atoms with Gasteiger partial charge in [0.15, 0.2) is 0 Å². The van der Waals surface area contributed by atoms with Gasteiger partial charge in [0.1, 0.15) is 0 Å². The molecule has 2 heteroatoms. The molecule has 0 amide bonds. The van der Waals surface area contributed by atoms with Crippen LogP contribution >= 0.6 is 0 Å². The lowest BCUT2D eigenvalue weighted by Gasteiger charge is -2.12. The number of rotatable bonds is 3. The fourth-order valence-corrected chi connectivity index (χ4v) is 2.56. The maximum absolute atomic E-state index is 4.28. The van der Waals surface area contributed by atoms with Crippen molar-refractivity contribution in [1.82, 2.24) is 10.3 Å². The van der Waals surface area contributed by atoms with E-state index in [0.717, 1.165) is 18.5 Å². The summed E-state index contributed by atoms with van der Waals surface area (Å²) in [6.07, 6.45) is 7.86. The summed E-state index contributed by atoms with van der Waals surface area (Å²) in [5.41, 5.74) is 2.70. The molecule has 2 rings (SSSR count). The van der Waals surface area contributed by atoms with Crippen LogP contribution < -0.4 is 5.32 Å². The second kappa shape index (κ2) is 4.75. The minimum Gasteiger partial charge on any atom is -0.314 e. The Labute approximate surface area is 92.1 Å². The molecular weight excluding hydrogens is 184 g/mol. The number of nitrogens with zero attached hydrogens (tertiary/aromatic N) is 1. The normalized spacial score (nSPS) is 25.7. The van der Waals surface area contributed by atoms with Crippen molar-refractivity contribution in [3.8, 4) is 0 Å². The van der Waals surface area contributed by atoms with Gasteiger partial charge in [0, 0.05) is 18.4 Å². The Morgan fingerprint density at radius 1 is 1.40 bits per heavy atom. The van der Waals surface area contributed by atoms with E-state index in [1.165, 1.54) is 30.4 Å². The SMILES string of the molecule is CCNC1CCC(c2cncc(C)c2)C1. The Hall–Kier alpha value is -0.890. The zero-order valence-corrected chi connectivity index (χ0v) is 9.66. The van der Waals surface area contributed by atoms with Crippen LogP contribution in [-0.4, -0.2) is 17.6 Å². The smallest absolute Gasteiger partial charge is 0.0302 e. The van der Waals surface area contributed by atoms with Crippen LogP contribution in [0, 0.1) is 6.92 Å². The summed E-state index contributed by atoms with van der Waals surface area (Å²) in [6, 6.07) is 3.01. The number of aryl methyl sites for hydroxylation is 1. The minimum absolute atomic E-state index is 0.723. The van der Waals surface area contributed by atoms with Crippen molar-refractivity contribution in [2.45, 2.75) is 45.1 Å². The molecule has 0 aromatic carbocycles. The Morgan fingerprint density at radius 3 is 3.00 bits per heavy atom. The van der Waals surface area contributed by atoms with E-state index in [-0.39, 0.29) is 0 Å². The lowest BCUT2D eigenvalue weighted by Crippen LogP contribution is -2.25. The second-order valence-corrected chi connectivity index (χ2v) is 4.56. The topological polar surface area (TPSA) is 24.9 Å². The first-order valence-electron chi connectivity index (χ1n) is 5.94. The van der Waals surface area contributed by atoms with Gasteiger partial charge in [-0.25, -0.2) is 0 Å². The lowest BCUT2D eigenvalue weighted by atomic mass is 9.98. The van der Waals surface area contributed by atoms with Gasteiger partial charge in [-0.15, -0.1) is 0 Å². The Bertz CT molecular complexity index is 322. The average molecular weight is 204 g/mol. The summed E-state index contributed by atoms with van der Waals surface area (Å²) in [7, 11) is 0. The maximum Gasteiger partial charge on any atom is 0.0302 e. The number of pyridine rings is 1. The first-order chi connectivity index (χ1) is 7.29. The van der Waals surface area contributed by atoms with Crippen LogP contribution in [0.5, 0.6) is 0 Å². The van der Waals surface area contributed by atoms with E-state index in [4.69, 9.17) is 0 Å². The van der Waals surface area contributed by atoms with Crippen LogP contribution in [0.1, 0.15) is 43.2 Å². The number of nitrogens with one attached hydrogen (secondary N) is 1. The van der Waals surface area contributed by atoms with Crippen LogP contribution in [0.2, 0.25) is 0 Å². The molecule has 1 saturated carbocycles. The van der Waals surface area contributed by atoms with Gasteiger partial charge in [-0.05, 0) is 49.8 Å². The molecule has 2 atom stereocenters. The summed E-state index contributed by atoms with van der Waals surface area (Å²) < 4.78 is 0. The van der Waals surface area contributed by atoms with Gasteiger partial charge in [0.25, 0.3) is 0 Å². The molecule has 1 aliphatic rings. The minimum atomic E-state index is 0.723. The van der Waals surface area contributed by atoms with E-state index in [2.05, 4.69) is 30.2 Å². The van der Waals surface area contributed by atoms with Crippen molar-refractivity contribution in [2.75, 3.05) is 6.54 Å². The molecule has 0 radical (unpaired) electrons. The molecular formula is C13H20N2. The summed E-state index contributed by atoms with van der Waals surface area (Å²) in [5, 5.41) is 3.54. The highest BCUT2D eigenvalue weighted by molar-refractivity contribution is 5.22. The summed E-state index contributed by atoms with van der Waals surface area (Å²) in [5.74, 6) is 0.724. The fraction of sp³-hybridized carbons (Fsp3) is 0.615. The van der Waals surface area contributed by atoms with Gasteiger partial charge in [-0.2, -0.15) is 0 Å². The third kappa shape index (κ3) is 2.57. The van der Waals surface area contributed by atoms with Crippen LogP contribution in [0.15, 0.2) is 18.5 Å². The molecule has 2 nitrogen and oxygen atoms in total. The molecule has 0 spiro atoms. The summed E-state index contributed by atoms with van der Waals surface area (Å²) >= 11 is 0. The number of hydrogen-bond donors (Lipinski definition) is 1. The van der Waals surface area contributed by atoms with Gasteiger partial charge in [-0.1, -0.05) is 13.0 Å². The Morgan fingerprint density at radius 2 is 2.27 bits per heavy atom. The molecule has 1 heterocycles. The van der Waals surface area contributed by atoms with Crippen molar-refractivity contribution < 1.29 is 0 Å². The van der Waals surface area contributed by atoms with Crippen LogP contribution in [-0.2, 0) is 0 Å². The fourth-order valence-electron chi connectivity index (χ4n) is 2.56. The molecule has 15 heavy (non-hydrogen) atoms. The van der Waals surface area contributed by atoms with Crippen molar-refractivity contribution in [1.29, 1.82) is 0 Å². The first kappa shape index (κ1) is 10.6. The van der Waals surface area contributed by atoms with E-state index >= 15 is 0 Å². The van der Waals surface area contributed by atoms with Gasteiger partial charge >= 0.3 is 0 Å². The first-order valence-corrected chi connectivity index (χ1v) is 5.94. The second-order valence-electron chi connectivity index (χ2n) is 4.56. The van der Waals surface area contributed by atoms with E-state index in [1.54, 1.807) is 0 Å². The zero-order chi connectivity index (χ0) is 10.7. The molecule has 2 unspecified atom stereocenters. The lowest BCUT2D eigenvalue weighted by molar-refractivity contribution is 0.535. The van der Waals surface area contributed by atoms with Gasteiger partial charge in [-0.3, -0.25) is 4.98 Å². The third-order valence-corrected chi connectivity index (χ3v) is 3.29. The number of aromatic nitrogens is 1. The summed E-state index contributed by atoms with van der Waals surface area (Å²) in [4.78, 5) is 4.28. The Kier molecular flexibility index (Phi) is 3.37. The highest BCUT2D eigenvalue weighted by atomic mass is 14.9. The van der Waals surface area contributed by atoms with Crippen molar-refractivity contribution in [2.24, 2.45) is 0 Å². The quantitative estimate of drug-likeness (QED) is 0.818. The molecule has 0 saturated heterocycles. The van der Waals surface area contributed by atoms with Crippen molar-refractivity contribution >= 4 is 0 Å². The molecule has 0 aliphatic heterocycles. The monoisotopic (exact) mass is 204 g/mol. The van der Waals surface area contributed by atoms with E-state index in [1.807, 2.05) is 12.4 Å². The standard InChI is InChI=1S/C13H20N2/c1-3-15-13-5-4-11(7-13)12-6-10(2)8-14-9-12/h6,8-9,11,13,15H,3-5,7H2,1-2H3. The largest absolute Gasteiger partial charge is 0.314 e.